The first-order valence-corrected chi connectivity index (χ1v) is 9.64. The van der Waals surface area contributed by atoms with Crippen molar-refractivity contribution in [3.8, 4) is 11.5 Å². The lowest BCUT2D eigenvalue weighted by molar-refractivity contribution is -0.129. The SMILES string of the molecule is COc1cc(/C=C2\N=C(c3ccccc3)OC2=O)ccc1OCc1ccccc1Cl. The first kappa shape index (κ1) is 19.7. The minimum atomic E-state index is -0.494. The third-order valence-corrected chi connectivity index (χ3v) is 4.84. The number of methoxy groups -OCH3 is 1. The van der Waals surface area contributed by atoms with E-state index >= 15 is 0 Å². The number of nitrogens with zero attached hydrogens (tertiary/aromatic N) is 1. The van der Waals surface area contributed by atoms with Crippen LogP contribution in [0.3, 0.4) is 0 Å². The van der Waals surface area contributed by atoms with E-state index in [9.17, 15) is 4.79 Å². The van der Waals surface area contributed by atoms with Gasteiger partial charge in [-0.2, -0.15) is 0 Å². The maximum absolute atomic E-state index is 12.2. The van der Waals surface area contributed by atoms with Crippen molar-refractivity contribution in [3.63, 3.8) is 0 Å². The van der Waals surface area contributed by atoms with Crippen LogP contribution in [0.15, 0.2) is 83.5 Å². The van der Waals surface area contributed by atoms with E-state index in [1.54, 1.807) is 25.3 Å². The molecule has 0 spiro atoms. The third-order valence-electron chi connectivity index (χ3n) is 4.47. The second-order valence-corrected chi connectivity index (χ2v) is 6.90. The molecule has 0 saturated heterocycles. The molecule has 1 aliphatic heterocycles. The number of benzene rings is 3. The van der Waals surface area contributed by atoms with Crippen LogP contribution in [0.1, 0.15) is 16.7 Å². The Balaban J connectivity index is 1.55. The van der Waals surface area contributed by atoms with Gasteiger partial charge >= 0.3 is 5.97 Å². The van der Waals surface area contributed by atoms with E-state index in [0.29, 0.717) is 29.0 Å². The van der Waals surface area contributed by atoms with E-state index < -0.39 is 5.97 Å². The lowest BCUT2D eigenvalue weighted by Gasteiger charge is -2.12. The highest BCUT2D eigenvalue weighted by Gasteiger charge is 2.24. The quantitative estimate of drug-likeness (QED) is 0.403. The van der Waals surface area contributed by atoms with E-state index in [1.165, 1.54) is 0 Å². The summed E-state index contributed by atoms with van der Waals surface area (Å²) in [5.41, 5.74) is 2.58. The summed E-state index contributed by atoms with van der Waals surface area (Å²) in [4.78, 5) is 16.5. The van der Waals surface area contributed by atoms with Gasteiger partial charge in [-0.05, 0) is 42.0 Å². The number of hydrogen-bond donors (Lipinski definition) is 0. The Morgan fingerprint density at radius 1 is 1.00 bits per heavy atom. The van der Waals surface area contributed by atoms with Gasteiger partial charge in [-0.15, -0.1) is 0 Å². The summed E-state index contributed by atoms with van der Waals surface area (Å²) in [7, 11) is 1.56. The summed E-state index contributed by atoms with van der Waals surface area (Å²) in [6.07, 6.45) is 1.65. The summed E-state index contributed by atoms with van der Waals surface area (Å²) >= 11 is 6.18. The molecule has 0 saturated carbocycles. The molecule has 1 aliphatic rings. The molecule has 30 heavy (non-hydrogen) atoms. The van der Waals surface area contributed by atoms with Crippen LogP contribution in [-0.4, -0.2) is 19.0 Å². The predicted molar refractivity (Wildman–Crippen MR) is 116 cm³/mol. The van der Waals surface area contributed by atoms with Crippen LogP contribution in [-0.2, 0) is 16.1 Å². The largest absolute Gasteiger partial charge is 0.493 e. The number of ether oxygens (including phenoxy) is 3. The molecule has 0 bridgehead atoms. The first-order chi connectivity index (χ1) is 14.6. The highest BCUT2D eigenvalue weighted by Crippen LogP contribution is 2.31. The minimum absolute atomic E-state index is 0.223. The van der Waals surface area contributed by atoms with Gasteiger partial charge in [0.15, 0.2) is 17.2 Å². The summed E-state index contributed by atoms with van der Waals surface area (Å²) in [5, 5.41) is 0.643. The second-order valence-electron chi connectivity index (χ2n) is 6.49. The van der Waals surface area contributed by atoms with Crippen molar-refractivity contribution in [1.82, 2.24) is 0 Å². The Kier molecular flexibility index (Phi) is 5.82. The molecule has 0 atom stereocenters. The molecule has 0 aliphatic carbocycles. The van der Waals surface area contributed by atoms with Crippen LogP contribution in [0.4, 0.5) is 0 Å². The van der Waals surface area contributed by atoms with E-state index in [-0.39, 0.29) is 5.70 Å². The molecule has 1 heterocycles. The molecule has 0 N–H and O–H groups in total. The van der Waals surface area contributed by atoms with Crippen molar-refractivity contribution in [2.45, 2.75) is 6.61 Å². The zero-order valence-electron chi connectivity index (χ0n) is 16.2. The molecule has 0 aromatic heterocycles. The molecule has 0 unspecified atom stereocenters. The molecule has 4 rings (SSSR count). The van der Waals surface area contributed by atoms with Gasteiger partial charge < -0.3 is 14.2 Å². The Morgan fingerprint density at radius 2 is 1.77 bits per heavy atom. The van der Waals surface area contributed by atoms with Crippen molar-refractivity contribution in [2.24, 2.45) is 4.99 Å². The van der Waals surface area contributed by atoms with Crippen molar-refractivity contribution >= 4 is 29.5 Å². The minimum Gasteiger partial charge on any atom is -0.493 e. The monoisotopic (exact) mass is 419 g/mol. The summed E-state index contributed by atoms with van der Waals surface area (Å²) < 4.78 is 16.6. The van der Waals surface area contributed by atoms with Crippen molar-refractivity contribution in [2.75, 3.05) is 7.11 Å². The van der Waals surface area contributed by atoms with E-state index in [0.717, 1.165) is 16.7 Å². The van der Waals surface area contributed by atoms with Gasteiger partial charge in [0.25, 0.3) is 0 Å². The zero-order chi connectivity index (χ0) is 20.9. The van der Waals surface area contributed by atoms with Crippen LogP contribution >= 0.6 is 11.6 Å². The van der Waals surface area contributed by atoms with Crippen LogP contribution in [0.25, 0.3) is 6.08 Å². The number of esters is 1. The van der Waals surface area contributed by atoms with Gasteiger partial charge in [0.05, 0.1) is 7.11 Å². The van der Waals surface area contributed by atoms with Gasteiger partial charge in [0, 0.05) is 16.1 Å². The molecule has 5 nitrogen and oxygen atoms in total. The van der Waals surface area contributed by atoms with Crippen LogP contribution in [0.5, 0.6) is 11.5 Å². The highest BCUT2D eigenvalue weighted by atomic mass is 35.5. The number of carbonyl (C=O) groups is 1. The second kappa shape index (κ2) is 8.84. The Bertz CT molecular complexity index is 1140. The van der Waals surface area contributed by atoms with Crippen LogP contribution in [0, 0.1) is 0 Å². The Hall–Kier alpha value is -3.57. The fourth-order valence-corrected chi connectivity index (χ4v) is 3.13. The van der Waals surface area contributed by atoms with Gasteiger partial charge in [0.1, 0.15) is 6.61 Å². The van der Waals surface area contributed by atoms with Crippen molar-refractivity contribution in [3.05, 3.63) is 100 Å². The average Bonchev–Trinajstić information content (AvgIpc) is 3.14. The normalized spacial score (nSPS) is 14.4. The molecule has 3 aromatic carbocycles. The molecular formula is C24H18ClNO4. The van der Waals surface area contributed by atoms with Gasteiger partial charge in [0.2, 0.25) is 5.90 Å². The first-order valence-electron chi connectivity index (χ1n) is 9.26. The molecule has 6 heteroatoms. The fourth-order valence-electron chi connectivity index (χ4n) is 2.94. The van der Waals surface area contributed by atoms with Gasteiger partial charge in [-0.25, -0.2) is 9.79 Å². The van der Waals surface area contributed by atoms with Crippen molar-refractivity contribution in [1.29, 1.82) is 0 Å². The molecule has 0 radical (unpaired) electrons. The highest BCUT2D eigenvalue weighted by molar-refractivity contribution is 6.31. The number of cyclic esters (lactones) is 1. The molecule has 150 valence electrons. The maximum Gasteiger partial charge on any atom is 0.363 e. The van der Waals surface area contributed by atoms with Crippen LogP contribution < -0.4 is 9.47 Å². The lowest BCUT2D eigenvalue weighted by Crippen LogP contribution is -2.04. The third kappa shape index (κ3) is 4.36. The predicted octanol–water partition coefficient (Wildman–Crippen LogP) is 5.27. The van der Waals surface area contributed by atoms with E-state index in [4.69, 9.17) is 25.8 Å². The lowest BCUT2D eigenvalue weighted by atomic mass is 10.1. The maximum atomic E-state index is 12.2. The van der Waals surface area contributed by atoms with Crippen molar-refractivity contribution < 1.29 is 19.0 Å². The number of carbonyl (C=O) groups excluding carboxylic acids is 1. The number of rotatable bonds is 6. The van der Waals surface area contributed by atoms with E-state index in [2.05, 4.69) is 4.99 Å². The Morgan fingerprint density at radius 3 is 2.53 bits per heavy atom. The topological polar surface area (TPSA) is 57.1 Å². The fraction of sp³-hybridized carbons (Fsp3) is 0.0833. The molecule has 0 amide bonds. The molecule has 3 aromatic rings. The average molecular weight is 420 g/mol. The van der Waals surface area contributed by atoms with Gasteiger partial charge in [-0.1, -0.05) is 54.1 Å². The summed E-state index contributed by atoms with van der Waals surface area (Å²) in [6, 6.07) is 22.2. The smallest absolute Gasteiger partial charge is 0.363 e. The van der Waals surface area contributed by atoms with Crippen LogP contribution in [0.2, 0.25) is 5.02 Å². The number of halogens is 1. The zero-order valence-corrected chi connectivity index (χ0v) is 16.9. The molecule has 0 fully saturated rings. The Labute approximate surface area is 179 Å². The summed E-state index contributed by atoms with van der Waals surface area (Å²) in [6.45, 7) is 0.313. The molecular weight excluding hydrogens is 402 g/mol. The number of hydrogen-bond acceptors (Lipinski definition) is 5. The summed E-state index contributed by atoms with van der Waals surface area (Å²) in [5.74, 6) is 0.905. The van der Waals surface area contributed by atoms with Gasteiger partial charge in [-0.3, -0.25) is 0 Å². The van der Waals surface area contributed by atoms with E-state index in [1.807, 2.05) is 60.7 Å². The number of aliphatic imine (C=N–C) groups is 1. The standard InChI is InChI=1S/C24H18ClNO4/c1-28-22-14-16(11-12-21(22)29-15-18-9-5-6-10-19(18)25)13-20-24(27)30-23(26-20)17-7-3-2-4-8-17/h2-14H,15H2,1H3/b20-13-.